The van der Waals surface area contributed by atoms with Crippen LogP contribution < -0.4 is 10.1 Å². The summed E-state index contributed by atoms with van der Waals surface area (Å²) < 4.78 is 11.3. The number of benzene rings is 2. The van der Waals surface area contributed by atoms with Gasteiger partial charge in [0.15, 0.2) is 0 Å². The largest absolute Gasteiger partial charge is 0.489 e. The summed E-state index contributed by atoms with van der Waals surface area (Å²) >= 11 is 0. The van der Waals surface area contributed by atoms with Crippen molar-refractivity contribution in [3.63, 3.8) is 0 Å². The second-order valence-corrected chi connectivity index (χ2v) is 6.33. The fraction of sp³-hybridized carbons (Fsp3) is 0.409. The molecule has 1 amide bonds. The first-order valence-corrected chi connectivity index (χ1v) is 9.34. The number of unbranched alkanes of at least 4 members (excludes halogenated alkanes) is 1. The average Bonchev–Trinajstić information content (AvgIpc) is 2.68. The average molecular weight is 355 g/mol. The fourth-order valence-corrected chi connectivity index (χ4v) is 2.45. The van der Waals surface area contributed by atoms with Gasteiger partial charge in [-0.3, -0.25) is 4.79 Å². The Morgan fingerprint density at radius 3 is 2.46 bits per heavy atom. The number of amides is 1. The molecule has 0 bridgehead atoms. The van der Waals surface area contributed by atoms with Gasteiger partial charge >= 0.3 is 0 Å². The number of hydrogen-bond acceptors (Lipinski definition) is 3. The van der Waals surface area contributed by atoms with Crippen molar-refractivity contribution >= 4 is 5.91 Å². The van der Waals surface area contributed by atoms with Crippen molar-refractivity contribution < 1.29 is 14.3 Å². The molecule has 0 saturated heterocycles. The van der Waals surface area contributed by atoms with E-state index >= 15 is 0 Å². The maximum atomic E-state index is 11.9. The molecule has 0 aliphatic heterocycles. The molecule has 0 fully saturated rings. The van der Waals surface area contributed by atoms with E-state index in [0.29, 0.717) is 19.8 Å². The predicted molar refractivity (Wildman–Crippen MR) is 104 cm³/mol. The van der Waals surface area contributed by atoms with Gasteiger partial charge in [-0.25, -0.2) is 0 Å². The first-order valence-electron chi connectivity index (χ1n) is 9.34. The molecule has 0 saturated carbocycles. The molecule has 4 heteroatoms. The summed E-state index contributed by atoms with van der Waals surface area (Å²) in [6, 6.07) is 18.1. The molecule has 2 aromatic carbocycles. The van der Waals surface area contributed by atoms with E-state index in [1.54, 1.807) is 6.92 Å². The van der Waals surface area contributed by atoms with Gasteiger partial charge < -0.3 is 14.8 Å². The van der Waals surface area contributed by atoms with Crippen molar-refractivity contribution in [3.8, 4) is 5.75 Å². The SMILES string of the molecule is CCCCOC(C)C(=O)NCCc1ccc(OCc2ccccc2)cc1. The summed E-state index contributed by atoms with van der Waals surface area (Å²) in [7, 11) is 0. The van der Waals surface area contributed by atoms with E-state index in [9.17, 15) is 4.79 Å². The summed E-state index contributed by atoms with van der Waals surface area (Å²) in [6.45, 7) is 5.70. The van der Waals surface area contributed by atoms with E-state index < -0.39 is 6.10 Å². The zero-order valence-corrected chi connectivity index (χ0v) is 15.7. The molecule has 2 rings (SSSR count). The monoisotopic (exact) mass is 355 g/mol. The van der Waals surface area contributed by atoms with Crippen LogP contribution in [0.2, 0.25) is 0 Å². The highest BCUT2D eigenvalue weighted by Crippen LogP contribution is 2.14. The number of rotatable bonds is 11. The molecule has 2 aromatic rings. The number of ether oxygens (including phenoxy) is 2. The first-order chi connectivity index (χ1) is 12.7. The van der Waals surface area contributed by atoms with Crippen molar-refractivity contribution in [2.24, 2.45) is 0 Å². The molecule has 0 heterocycles. The molecule has 140 valence electrons. The highest BCUT2D eigenvalue weighted by molar-refractivity contribution is 5.80. The Morgan fingerprint density at radius 2 is 1.77 bits per heavy atom. The summed E-state index contributed by atoms with van der Waals surface area (Å²) in [5, 5.41) is 2.92. The predicted octanol–water partition coefficient (Wildman–Crippen LogP) is 4.13. The van der Waals surface area contributed by atoms with Crippen molar-refractivity contribution in [3.05, 3.63) is 65.7 Å². The van der Waals surface area contributed by atoms with Crippen LogP contribution in [0.4, 0.5) is 0 Å². The van der Waals surface area contributed by atoms with Gasteiger partial charge in [0, 0.05) is 13.2 Å². The highest BCUT2D eigenvalue weighted by Gasteiger charge is 2.12. The molecule has 0 aromatic heterocycles. The summed E-state index contributed by atoms with van der Waals surface area (Å²) in [5.41, 5.74) is 2.31. The zero-order valence-electron chi connectivity index (χ0n) is 15.7. The van der Waals surface area contributed by atoms with Crippen LogP contribution in [-0.4, -0.2) is 25.2 Å². The van der Waals surface area contributed by atoms with E-state index in [0.717, 1.165) is 36.1 Å². The van der Waals surface area contributed by atoms with Gasteiger partial charge in [-0.15, -0.1) is 0 Å². The Kier molecular flexibility index (Phi) is 8.70. The Morgan fingerprint density at radius 1 is 1.04 bits per heavy atom. The molecule has 0 aliphatic carbocycles. The minimum absolute atomic E-state index is 0.0519. The molecule has 0 radical (unpaired) electrons. The Bertz CT molecular complexity index is 640. The van der Waals surface area contributed by atoms with Crippen molar-refractivity contribution in [1.82, 2.24) is 5.32 Å². The van der Waals surface area contributed by atoms with Crippen LogP contribution in [0.1, 0.15) is 37.8 Å². The van der Waals surface area contributed by atoms with E-state index in [2.05, 4.69) is 12.2 Å². The lowest BCUT2D eigenvalue weighted by molar-refractivity contribution is -0.131. The van der Waals surface area contributed by atoms with E-state index in [1.807, 2.05) is 54.6 Å². The van der Waals surface area contributed by atoms with Crippen LogP contribution in [0.3, 0.4) is 0 Å². The molecule has 0 aliphatic rings. The van der Waals surface area contributed by atoms with Crippen LogP contribution in [0, 0.1) is 0 Å². The lowest BCUT2D eigenvalue weighted by Crippen LogP contribution is -2.35. The van der Waals surface area contributed by atoms with Gasteiger partial charge in [0.2, 0.25) is 5.91 Å². The third kappa shape index (κ3) is 7.28. The molecule has 1 atom stereocenters. The minimum Gasteiger partial charge on any atom is -0.489 e. The zero-order chi connectivity index (χ0) is 18.6. The second kappa shape index (κ2) is 11.3. The second-order valence-electron chi connectivity index (χ2n) is 6.33. The molecular formula is C22H29NO3. The molecule has 26 heavy (non-hydrogen) atoms. The molecule has 4 nitrogen and oxygen atoms in total. The lowest BCUT2D eigenvalue weighted by atomic mass is 10.1. The van der Waals surface area contributed by atoms with Gasteiger partial charge in [-0.05, 0) is 43.0 Å². The van der Waals surface area contributed by atoms with E-state index in [-0.39, 0.29) is 5.91 Å². The standard InChI is InChI=1S/C22H29NO3/c1-3-4-16-25-18(2)22(24)23-15-14-19-10-12-21(13-11-19)26-17-20-8-6-5-7-9-20/h5-13,18H,3-4,14-17H2,1-2H3,(H,23,24). The quantitative estimate of drug-likeness (QED) is 0.617. The number of carbonyl (C=O) groups is 1. The smallest absolute Gasteiger partial charge is 0.248 e. The summed E-state index contributed by atoms with van der Waals surface area (Å²) in [5.74, 6) is 0.795. The van der Waals surface area contributed by atoms with E-state index in [1.165, 1.54) is 0 Å². The Hall–Kier alpha value is -2.33. The van der Waals surface area contributed by atoms with Gasteiger partial charge in [0.25, 0.3) is 0 Å². The maximum Gasteiger partial charge on any atom is 0.248 e. The van der Waals surface area contributed by atoms with Crippen LogP contribution >= 0.6 is 0 Å². The van der Waals surface area contributed by atoms with Gasteiger partial charge in [-0.1, -0.05) is 55.8 Å². The lowest BCUT2D eigenvalue weighted by Gasteiger charge is -2.13. The maximum absolute atomic E-state index is 11.9. The summed E-state index contributed by atoms with van der Waals surface area (Å²) in [6.07, 6.45) is 2.44. The van der Waals surface area contributed by atoms with Crippen molar-refractivity contribution in [2.75, 3.05) is 13.2 Å². The van der Waals surface area contributed by atoms with Crippen LogP contribution in [0.5, 0.6) is 5.75 Å². The minimum atomic E-state index is -0.393. The van der Waals surface area contributed by atoms with Crippen molar-refractivity contribution in [2.45, 2.75) is 45.8 Å². The summed E-state index contributed by atoms with van der Waals surface area (Å²) in [4.78, 5) is 11.9. The van der Waals surface area contributed by atoms with Gasteiger partial charge in [-0.2, -0.15) is 0 Å². The first kappa shape index (κ1) is 20.0. The Balaban J connectivity index is 1.68. The third-order valence-corrected chi connectivity index (χ3v) is 4.12. The number of carbonyl (C=O) groups excluding carboxylic acids is 1. The molecule has 1 N–H and O–H groups in total. The number of hydrogen-bond donors (Lipinski definition) is 1. The number of nitrogens with one attached hydrogen (secondary N) is 1. The topological polar surface area (TPSA) is 47.6 Å². The van der Waals surface area contributed by atoms with Crippen molar-refractivity contribution in [1.29, 1.82) is 0 Å². The van der Waals surface area contributed by atoms with Gasteiger partial charge in [0.1, 0.15) is 18.5 Å². The van der Waals surface area contributed by atoms with Crippen LogP contribution in [0.15, 0.2) is 54.6 Å². The van der Waals surface area contributed by atoms with Crippen LogP contribution in [0.25, 0.3) is 0 Å². The Labute approximate surface area is 156 Å². The van der Waals surface area contributed by atoms with E-state index in [4.69, 9.17) is 9.47 Å². The molecule has 0 spiro atoms. The third-order valence-electron chi connectivity index (χ3n) is 4.12. The molecule has 1 unspecified atom stereocenters. The van der Waals surface area contributed by atoms with Crippen LogP contribution in [-0.2, 0) is 22.6 Å². The van der Waals surface area contributed by atoms with Gasteiger partial charge in [0.05, 0.1) is 0 Å². The molecular weight excluding hydrogens is 326 g/mol. The normalized spacial score (nSPS) is 11.8. The fourth-order valence-electron chi connectivity index (χ4n) is 2.45. The highest BCUT2D eigenvalue weighted by atomic mass is 16.5.